The van der Waals surface area contributed by atoms with Gasteiger partial charge in [0.2, 0.25) is 17.7 Å². The lowest BCUT2D eigenvalue weighted by Gasteiger charge is -2.28. The van der Waals surface area contributed by atoms with Crippen LogP contribution in [0.25, 0.3) is 0 Å². The number of methoxy groups -OCH3 is 1. The van der Waals surface area contributed by atoms with Crippen LogP contribution in [0.2, 0.25) is 0 Å². The van der Waals surface area contributed by atoms with Crippen molar-refractivity contribution in [1.29, 1.82) is 0 Å². The third kappa shape index (κ3) is 11.1. The maximum absolute atomic E-state index is 13.3. The largest absolute Gasteiger partial charge is 0.382 e. The Kier molecular flexibility index (Phi) is 14.7. The summed E-state index contributed by atoms with van der Waals surface area (Å²) in [5, 5.41) is 14.7. The van der Waals surface area contributed by atoms with Crippen LogP contribution in [0.3, 0.4) is 0 Å². The quantitative estimate of drug-likeness (QED) is 0.148. The minimum atomic E-state index is -0.951. The average molecular weight is 482 g/mol. The third-order valence-corrected chi connectivity index (χ3v) is 5.26. The van der Waals surface area contributed by atoms with Crippen molar-refractivity contribution in [3.05, 3.63) is 35.9 Å². The van der Waals surface area contributed by atoms with Gasteiger partial charge in [-0.1, -0.05) is 44.2 Å². The van der Waals surface area contributed by atoms with Crippen LogP contribution < -0.4 is 16.1 Å². The van der Waals surface area contributed by atoms with E-state index in [9.17, 15) is 19.6 Å². The van der Waals surface area contributed by atoms with E-state index in [0.717, 1.165) is 5.56 Å². The molecule has 0 aliphatic heterocycles. The minimum absolute atomic E-state index is 0.0784. The molecule has 34 heavy (non-hydrogen) atoms. The van der Waals surface area contributed by atoms with Gasteiger partial charge in [-0.25, -0.2) is 5.48 Å². The van der Waals surface area contributed by atoms with Gasteiger partial charge in [0, 0.05) is 20.6 Å². The first kappa shape index (κ1) is 29.5. The van der Waals surface area contributed by atoms with Crippen molar-refractivity contribution in [2.75, 3.05) is 47.2 Å². The average Bonchev–Trinajstić information content (AvgIpc) is 2.83. The molecule has 192 valence electrons. The molecule has 0 bridgehead atoms. The number of amides is 3. The van der Waals surface area contributed by atoms with Gasteiger partial charge in [-0.2, -0.15) is 0 Å². The van der Waals surface area contributed by atoms with Crippen molar-refractivity contribution in [1.82, 2.24) is 16.1 Å². The van der Waals surface area contributed by atoms with Gasteiger partial charge in [-0.3, -0.25) is 19.6 Å². The Hall–Kier alpha value is -2.53. The lowest BCUT2D eigenvalue weighted by atomic mass is 9.84. The minimum Gasteiger partial charge on any atom is -0.382 e. The van der Waals surface area contributed by atoms with E-state index in [1.807, 2.05) is 44.2 Å². The maximum Gasteiger partial charge on any atom is 0.249 e. The van der Waals surface area contributed by atoms with Crippen LogP contribution in [0.5, 0.6) is 0 Å². The molecule has 4 N–H and O–H groups in total. The van der Waals surface area contributed by atoms with Gasteiger partial charge in [0.05, 0.1) is 44.9 Å². The number of hydrogen-bond acceptors (Lipinski definition) is 7. The van der Waals surface area contributed by atoms with Crippen LogP contribution >= 0.6 is 0 Å². The molecule has 0 saturated carbocycles. The number of ether oxygens (including phenoxy) is 3. The molecular formula is C24H39N3O7. The summed E-state index contributed by atoms with van der Waals surface area (Å²) >= 11 is 0. The molecule has 0 unspecified atom stereocenters. The molecule has 10 heteroatoms. The van der Waals surface area contributed by atoms with Crippen molar-refractivity contribution < 1.29 is 33.8 Å². The number of hydrogen-bond donors (Lipinski definition) is 4. The summed E-state index contributed by atoms with van der Waals surface area (Å²) in [5.74, 6) is -3.20. The summed E-state index contributed by atoms with van der Waals surface area (Å²) in [5.41, 5.74) is 2.53. The first-order valence-corrected chi connectivity index (χ1v) is 11.5. The summed E-state index contributed by atoms with van der Waals surface area (Å²) in [4.78, 5) is 38.3. The van der Waals surface area contributed by atoms with Crippen molar-refractivity contribution in [3.8, 4) is 0 Å². The zero-order valence-electron chi connectivity index (χ0n) is 20.5. The summed E-state index contributed by atoms with van der Waals surface area (Å²) in [6, 6.07) is 8.52. The van der Waals surface area contributed by atoms with Gasteiger partial charge >= 0.3 is 0 Å². The number of carbonyl (C=O) groups is 3. The molecule has 0 spiro atoms. The predicted molar refractivity (Wildman–Crippen MR) is 126 cm³/mol. The van der Waals surface area contributed by atoms with Crippen molar-refractivity contribution in [2.45, 2.75) is 32.7 Å². The van der Waals surface area contributed by atoms with E-state index >= 15 is 0 Å². The topological polar surface area (TPSA) is 135 Å². The van der Waals surface area contributed by atoms with Crippen LogP contribution in [0.4, 0.5) is 0 Å². The number of benzene rings is 1. The number of likely N-dealkylation sites (N-methyl/N-ethyl adjacent to an activating group) is 1. The fourth-order valence-electron chi connectivity index (χ4n) is 3.50. The van der Waals surface area contributed by atoms with Crippen LogP contribution in [0.1, 0.15) is 25.8 Å². The van der Waals surface area contributed by atoms with E-state index in [1.54, 1.807) is 12.6 Å². The fourth-order valence-corrected chi connectivity index (χ4v) is 3.50. The van der Waals surface area contributed by atoms with E-state index in [0.29, 0.717) is 32.7 Å². The molecule has 0 aromatic heterocycles. The molecular weight excluding hydrogens is 442 g/mol. The van der Waals surface area contributed by atoms with Crippen LogP contribution in [-0.2, 0) is 35.0 Å². The Morgan fingerprint density at radius 1 is 0.912 bits per heavy atom. The highest BCUT2D eigenvalue weighted by Crippen LogP contribution is 2.23. The zero-order chi connectivity index (χ0) is 25.3. The predicted octanol–water partition coefficient (Wildman–Crippen LogP) is 0.923. The molecule has 3 amide bonds. The number of rotatable bonds is 17. The molecule has 0 aliphatic rings. The SMILES string of the molecule is CNC(=O)[C@H](Cc1ccccc1)NC(=O)[C@H](CC(C)C)[C@H](COCCOCCOC)C(=O)NO. The number of hydroxylamine groups is 1. The molecule has 0 fully saturated rings. The molecule has 0 heterocycles. The van der Waals surface area contributed by atoms with Crippen molar-refractivity contribution >= 4 is 17.7 Å². The Bertz CT molecular complexity index is 731. The second-order valence-corrected chi connectivity index (χ2v) is 8.36. The first-order chi connectivity index (χ1) is 16.3. The Morgan fingerprint density at radius 3 is 2.15 bits per heavy atom. The number of carbonyl (C=O) groups excluding carboxylic acids is 3. The summed E-state index contributed by atoms with van der Waals surface area (Å²) in [7, 11) is 3.08. The first-order valence-electron chi connectivity index (χ1n) is 11.5. The van der Waals surface area contributed by atoms with E-state index in [4.69, 9.17) is 14.2 Å². The highest BCUT2D eigenvalue weighted by Gasteiger charge is 2.36. The van der Waals surface area contributed by atoms with E-state index in [-0.39, 0.29) is 25.0 Å². The lowest BCUT2D eigenvalue weighted by Crippen LogP contribution is -2.51. The molecule has 1 aromatic carbocycles. The molecule has 3 atom stereocenters. The van der Waals surface area contributed by atoms with Gasteiger partial charge in [-0.05, 0) is 17.9 Å². The van der Waals surface area contributed by atoms with Crippen LogP contribution in [0.15, 0.2) is 30.3 Å². The second-order valence-electron chi connectivity index (χ2n) is 8.36. The number of nitrogens with one attached hydrogen (secondary N) is 3. The Morgan fingerprint density at radius 2 is 1.56 bits per heavy atom. The zero-order valence-corrected chi connectivity index (χ0v) is 20.5. The monoisotopic (exact) mass is 481 g/mol. The van der Waals surface area contributed by atoms with E-state index in [1.165, 1.54) is 7.05 Å². The van der Waals surface area contributed by atoms with E-state index in [2.05, 4.69) is 10.6 Å². The second kappa shape index (κ2) is 17.0. The standard InChI is InChI=1S/C24H39N3O7/c1-17(2)14-19(20(23(29)27-31)16-34-13-12-33-11-10-32-4)22(28)26-21(24(30)25-3)15-18-8-6-5-7-9-18/h5-9,17,19-21,31H,10-16H2,1-4H3,(H,25,30)(H,26,28)(H,27,29)/t19-,20+,21+/m1/s1. The van der Waals surface area contributed by atoms with E-state index < -0.39 is 29.7 Å². The Balaban J connectivity index is 2.93. The summed E-state index contributed by atoms with van der Waals surface area (Å²) < 4.78 is 15.8. The highest BCUT2D eigenvalue weighted by molar-refractivity contribution is 5.91. The lowest BCUT2D eigenvalue weighted by molar-refractivity contribution is -0.144. The normalized spacial score (nSPS) is 13.7. The van der Waals surface area contributed by atoms with Crippen LogP contribution in [0, 0.1) is 17.8 Å². The smallest absolute Gasteiger partial charge is 0.249 e. The van der Waals surface area contributed by atoms with Gasteiger partial charge < -0.3 is 24.8 Å². The Labute approximate surface area is 201 Å². The van der Waals surface area contributed by atoms with Gasteiger partial charge in [-0.15, -0.1) is 0 Å². The van der Waals surface area contributed by atoms with Crippen LogP contribution in [-0.4, -0.2) is 76.2 Å². The van der Waals surface area contributed by atoms with Crippen molar-refractivity contribution in [2.24, 2.45) is 17.8 Å². The maximum atomic E-state index is 13.3. The molecule has 0 radical (unpaired) electrons. The molecule has 0 aliphatic carbocycles. The highest BCUT2D eigenvalue weighted by atomic mass is 16.5. The summed E-state index contributed by atoms with van der Waals surface area (Å²) in [6.45, 7) is 5.16. The van der Waals surface area contributed by atoms with Gasteiger partial charge in [0.25, 0.3) is 0 Å². The van der Waals surface area contributed by atoms with Gasteiger partial charge in [0.1, 0.15) is 6.04 Å². The molecule has 0 saturated heterocycles. The third-order valence-electron chi connectivity index (χ3n) is 5.26. The molecule has 1 rings (SSSR count). The van der Waals surface area contributed by atoms with Crippen molar-refractivity contribution in [3.63, 3.8) is 0 Å². The molecule has 10 nitrogen and oxygen atoms in total. The van der Waals surface area contributed by atoms with Gasteiger partial charge in [0.15, 0.2) is 0 Å². The molecule has 1 aromatic rings. The summed E-state index contributed by atoms with van der Waals surface area (Å²) in [6.07, 6.45) is 0.663. The fraction of sp³-hybridized carbons (Fsp3) is 0.625.